The van der Waals surface area contributed by atoms with Crippen molar-refractivity contribution in [1.29, 1.82) is 0 Å². The Labute approximate surface area is 92.7 Å². The maximum Gasteiger partial charge on any atom is 0.341 e. The first kappa shape index (κ1) is 10.5. The Bertz CT molecular complexity index is 327. The molecule has 70 valence electrons. The quantitative estimate of drug-likeness (QED) is 0.491. The Morgan fingerprint density at radius 3 is 2.92 bits per heavy atom. The molecule has 0 bridgehead atoms. The summed E-state index contributed by atoms with van der Waals surface area (Å²) in [5, 5.41) is 9.50. The first-order valence-electron chi connectivity index (χ1n) is 3.81. The summed E-state index contributed by atoms with van der Waals surface area (Å²) in [4.78, 5) is 11.3. The minimum Gasteiger partial charge on any atom is -0.506 e. The van der Waals surface area contributed by atoms with Gasteiger partial charge in [-0.1, -0.05) is 6.07 Å². The van der Waals surface area contributed by atoms with E-state index < -0.39 is 5.97 Å². The number of carbonyl (C=O) groups is 1. The highest BCUT2D eigenvalue weighted by atomic mass is 127. The Kier molecular flexibility index (Phi) is 3.73. The fourth-order valence-corrected chi connectivity index (χ4v) is 1.65. The number of halogens is 1. The number of esters is 1. The van der Waals surface area contributed by atoms with E-state index in [9.17, 15) is 9.90 Å². The van der Waals surface area contributed by atoms with E-state index in [1.165, 1.54) is 0 Å². The highest BCUT2D eigenvalue weighted by Gasteiger charge is 2.13. The van der Waals surface area contributed by atoms with Crippen molar-refractivity contribution in [2.75, 3.05) is 6.23 Å². The molecule has 13 heavy (non-hydrogen) atoms. The van der Waals surface area contributed by atoms with Gasteiger partial charge in [0.2, 0.25) is 0 Å². The maximum atomic E-state index is 11.3. The van der Waals surface area contributed by atoms with Crippen LogP contribution in [0.4, 0.5) is 0 Å². The number of rotatable bonds is 2. The van der Waals surface area contributed by atoms with Crippen LogP contribution in [0, 0.1) is 3.57 Å². The van der Waals surface area contributed by atoms with Gasteiger partial charge in [0, 0.05) is 0 Å². The SMILES string of the molecule is O=C(OC[SiH3])c1cccc(I)c1O. The predicted molar refractivity (Wildman–Crippen MR) is 61.0 cm³/mol. The van der Waals surface area contributed by atoms with Crippen molar-refractivity contribution in [3.05, 3.63) is 27.3 Å². The van der Waals surface area contributed by atoms with Crippen LogP contribution in [0.1, 0.15) is 10.4 Å². The van der Waals surface area contributed by atoms with Crippen molar-refractivity contribution >= 4 is 38.8 Å². The third-order valence-electron chi connectivity index (χ3n) is 1.48. The van der Waals surface area contributed by atoms with Crippen molar-refractivity contribution in [2.45, 2.75) is 0 Å². The summed E-state index contributed by atoms with van der Waals surface area (Å²) in [7, 11) is 0.807. The van der Waals surface area contributed by atoms with E-state index in [0.717, 1.165) is 10.2 Å². The average Bonchev–Trinajstić information content (AvgIpc) is 2.10. The molecule has 0 aromatic heterocycles. The molecule has 0 amide bonds. The van der Waals surface area contributed by atoms with Gasteiger partial charge in [-0.2, -0.15) is 0 Å². The molecule has 3 nitrogen and oxygen atoms in total. The Hall–Kier alpha value is -0.563. The topological polar surface area (TPSA) is 46.5 Å². The molecule has 1 aromatic carbocycles. The number of phenols is 1. The monoisotopic (exact) mass is 308 g/mol. The van der Waals surface area contributed by atoms with Gasteiger partial charge in [0.1, 0.15) is 11.3 Å². The zero-order valence-electron chi connectivity index (χ0n) is 7.08. The number of hydrogen-bond acceptors (Lipinski definition) is 3. The van der Waals surface area contributed by atoms with Crippen LogP contribution < -0.4 is 0 Å². The van der Waals surface area contributed by atoms with Crippen molar-refractivity contribution in [3.63, 3.8) is 0 Å². The van der Waals surface area contributed by atoms with Crippen LogP contribution in [0.25, 0.3) is 0 Å². The molecule has 0 aliphatic heterocycles. The number of benzene rings is 1. The fourth-order valence-electron chi connectivity index (χ4n) is 0.889. The smallest absolute Gasteiger partial charge is 0.341 e. The zero-order chi connectivity index (χ0) is 9.84. The number of phenolic OH excluding ortho intramolecular Hbond substituents is 1. The van der Waals surface area contributed by atoms with Gasteiger partial charge in [0.05, 0.1) is 20.0 Å². The minimum absolute atomic E-state index is 0.00298. The molecule has 0 aliphatic carbocycles. The summed E-state index contributed by atoms with van der Waals surface area (Å²) in [6, 6.07) is 5.00. The van der Waals surface area contributed by atoms with Gasteiger partial charge in [0.25, 0.3) is 0 Å². The second-order valence-corrected chi connectivity index (χ2v) is 4.10. The molecule has 0 heterocycles. The molecule has 0 saturated heterocycles. The van der Waals surface area contributed by atoms with Crippen LogP contribution in [0.5, 0.6) is 5.75 Å². The molecule has 5 heteroatoms. The number of aromatic hydroxyl groups is 1. The van der Waals surface area contributed by atoms with Crippen LogP contribution in [0.15, 0.2) is 18.2 Å². The van der Waals surface area contributed by atoms with E-state index >= 15 is 0 Å². The zero-order valence-corrected chi connectivity index (χ0v) is 11.2. The highest BCUT2D eigenvalue weighted by molar-refractivity contribution is 14.1. The molecule has 0 aliphatic rings. The van der Waals surface area contributed by atoms with Gasteiger partial charge in [-0.3, -0.25) is 0 Å². The summed E-state index contributed by atoms with van der Waals surface area (Å²) < 4.78 is 5.48. The lowest BCUT2D eigenvalue weighted by Crippen LogP contribution is -2.06. The molecule has 0 radical (unpaired) electrons. The molecule has 0 fully saturated rings. The van der Waals surface area contributed by atoms with Gasteiger partial charge in [-0.25, -0.2) is 4.79 Å². The molecule has 1 rings (SSSR count). The molecule has 1 N–H and O–H groups in total. The second kappa shape index (κ2) is 4.61. The van der Waals surface area contributed by atoms with Crippen LogP contribution in [0.3, 0.4) is 0 Å². The van der Waals surface area contributed by atoms with E-state index in [-0.39, 0.29) is 11.3 Å². The molecule has 0 spiro atoms. The predicted octanol–water partition coefficient (Wildman–Crippen LogP) is 0.476. The summed E-state index contributed by atoms with van der Waals surface area (Å²) in [6.07, 6.45) is 0.448. The Balaban J connectivity index is 3.01. The van der Waals surface area contributed by atoms with Crippen molar-refractivity contribution in [1.82, 2.24) is 0 Å². The Morgan fingerprint density at radius 1 is 1.62 bits per heavy atom. The third kappa shape index (κ3) is 2.44. The summed E-state index contributed by atoms with van der Waals surface area (Å²) in [5.74, 6) is -0.450. The van der Waals surface area contributed by atoms with Crippen molar-refractivity contribution in [3.8, 4) is 5.75 Å². The number of ether oxygens (including phenoxy) is 1. The van der Waals surface area contributed by atoms with Crippen molar-refractivity contribution in [2.24, 2.45) is 0 Å². The minimum atomic E-state index is -0.453. The second-order valence-electron chi connectivity index (χ2n) is 2.36. The van der Waals surface area contributed by atoms with Gasteiger partial charge in [-0.15, -0.1) is 0 Å². The Morgan fingerprint density at radius 2 is 2.31 bits per heavy atom. The third-order valence-corrected chi connectivity index (χ3v) is 2.64. The van der Waals surface area contributed by atoms with Crippen LogP contribution >= 0.6 is 22.6 Å². The number of hydrogen-bond donors (Lipinski definition) is 1. The standard InChI is InChI=1S/C8H9IO3Si/c9-6-3-1-2-5(7(6)10)8(11)12-4-13/h1-3,10H,4H2,13H3. The van der Waals surface area contributed by atoms with E-state index in [1.807, 2.05) is 22.6 Å². The van der Waals surface area contributed by atoms with E-state index in [0.29, 0.717) is 9.80 Å². The lowest BCUT2D eigenvalue weighted by atomic mass is 10.2. The first-order valence-corrected chi connectivity index (χ1v) is 6.30. The van der Waals surface area contributed by atoms with Gasteiger partial charge >= 0.3 is 5.97 Å². The first-order chi connectivity index (χ1) is 6.16. The molecule has 0 saturated carbocycles. The highest BCUT2D eigenvalue weighted by Crippen LogP contribution is 2.24. The lowest BCUT2D eigenvalue weighted by molar-refractivity contribution is 0.0570. The summed E-state index contributed by atoms with van der Waals surface area (Å²) in [6.45, 7) is 0. The molecule has 1 aromatic rings. The van der Waals surface area contributed by atoms with Gasteiger partial charge in [-0.05, 0) is 34.7 Å². The molecule has 0 atom stereocenters. The molecular formula is C8H9IO3Si. The van der Waals surface area contributed by atoms with Crippen LogP contribution in [0.2, 0.25) is 0 Å². The molecular weight excluding hydrogens is 299 g/mol. The summed E-state index contributed by atoms with van der Waals surface area (Å²) >= 11 is 1.96. The summed E-state index contributed by atoms with van der Waals surface area (Å²) in [5.41, 5.74) is 0.239. The van der Waals surface area contributed by atoms with Gasteiger partial charge < -0.3 is 9.84 Å². The fraction of sp³-hybridized carbons (Fsp3) is 0.125. The van der Waals surface area contributed by atoms with Gasteiger partial charge in [0.15, 0.2) is 0 Å². The number of carbonyl (C=O) groups excluding carboxylic acids is 1. The maximum absolute atomic E-state index is 11.3. The van der Waals surface area contributed by atoms with E-state index in [1.54, 1.807) is 18.2 Å². The normalized spacial score (nSPS) is 9.92. The van der Waals surface area contributed by atoms with Crippen LogP contribution in [-0.4, -0.2) is 27.5 Å². The lowest BCUT2D eigenvalue weighted by Gasteiger charge is -2.04. The van der Waals surface area contributed by atoms with E-state index in [4.69, 9.17) is 4.74 Å². The largest absolute Gasteiger partial charge is 0.506 e. The number of para-hydroxylation sites is 1. The molecule has 0 unspecified atom stereocenters. The van der Waals surface area contributed by atoms with Crippen LogP contribution in [-0.2, 0) is 4.74 Å². The van der Waals surface area contributed by atoms with Crippen molar-refractivity contribution < 1.29 is 14.6 Å². The average molecular weight is 308 g/mol. The van der Waals surface area contributed by atoms with E-state index in [2.05, 4.69) is 0 Å².